The molecule has 6 nitrogen and oxygen atoms in total. The molecule has 0 fully saturated rings. The Labute approximate surface area is 159 Å². The first kappa shape index (κ1) is 19.7. The Bertz CT molecular complexity index is 1040. The lowest BCUT2D eigenvalue weighted by atomic mass is 10.1. The average molecular weight is 392 g/mol. The van der Waals surface area contributed by atoms with Crippen molar-refractivity contribution in [3.63, 3.8) is 0 Å². The van der Waals surface area contributed by atoms with E-state index in [1.807, 2.05) is 0 Å². The van der Waals surface area contributed by atoms with Gasteiger partial charge in [0.2, 0.25) is 0 Å². The molecule has 2 aromatic heterocycles. The molecular weight excluding hydrogens is 373 g/mol. The number of carbonyl (C=O) groups excluding carboxylic acids is 1. The maximum Gasteiger partial charge on any atom is 0.573 e. The summed E-state index contributed by atoms with van der Waals surface area (Å²) < 4.78 is 43.6. The highest BCUT2D eigenvalue weighted by Crippen LogP contribution is 2.28. The van der Waals surface area contributed by atoms with Crippen LogP contribution in [0.1, 0.15) is 27.3 Å². The van der Waals surface area contributed by atoms with Gasteiger partial charge in [-0.1, -0.05) is 18.2 Å². The second-order valence-electron chi connectivity index (χ2n) is 6.54. The number of pyridine rings is 1. The summed E-state index contributed by atoms with van der Waals surface area (Å²) in [7, 11) is 3.27. The van der Waals surface area contributed by atoms with Gasteiger partial charge in [-0.2, -0.15) is 5.10 Å². The normalized spacial score (nSPS) is 11.7. The second kappa shape index (κ2) is 7.14. The number of hydrogen-bond donors (Lipinski definition) is 0. The molecule has 28 heavy (non-hydrogen) atoms. The molecule has 1 aromatic carbocycles. The highest BCUT2D eigenvalue weighted by Gasteiger charge is 2.32. The van der Waals surface area contributed by atoms with Crippen LogP contribution in [0.2, 0.25) is 0 Å². The van der Waals surface area contributed by atoms with Crippen molar-refractivity contribution < 1.29 is 22.7 Å². The maximum atomic E-state index is 13.1. The van der Waals surface area contributed by atoms with Crippen LogP contribution in [0.15, 0.2) is 30.3 Å². The first-order valence-corrected chi connectivity index (χ1v) is 8.47. The van der Waals surface area contributed by atoms with Crippen LogP contribution < -0.4 is 4.74 Å². The number of aryl methyl sites for hydroxylation is 3. The lowest BCUT2D eigenvalue weighted by Crippen LogP contribution is -2.27. The standard InChI is InChI=1S/C19H19F3N4O2/c1-11-9-14(16-12(2)24-26(4)17(16)23-11)18(27)25(3)10-13-7-5-6-8-15(13)28-19(20,21)22/h5-9H,10H2,1-4H3. The van der Waals surface area contributed by atoms with Gasteiger partial charge < -0.3 is 9.64 Å². The second-order valence-corrected chi connectivity index (χ2v) is 6.54. The summed E-state index contributed by atoms with van der Waals surface area (Å²) >= 11 is 0. The maximum absolute atomic E-state index is 13.1. The van der Waals surface area contributed by atoms with Gasteiger partial charge >= 0.3 is 6.36 Å². The van der Waals surface area contributed by atoms with Crippen molar-refractivity contribution in [3.8, 4) is 5.75 Å². The van der Waals surface area contributed by atoms with E-state index in [2.05, 4.69) is 14.8 Å². The van der Waals surface area contributed by atoms with Crippen molar-refractivity contribution in [2.24, 2.45) is 7.05 Å². The minimum atomic E-state index is -4.81. The van der Waals surface area contributed by atoms with E-state index in [0.717, 1.165) is 0 Å². The summed E-state index contributed by atoms with van der Waals surface area (Å²) in [6, 6.07) is 7.42. The number of amides is 1. The van der Waals surface area contributed by atoms with Crippen LogP contribution >= 0.6 is 0 Å². The Balaban J connectivity index is 1.94. The zero-order valence-electron chi connectivity index (χ0n) is 15.8. The van der Waals surface area contributed by atoms with Crippen molar-refractivity contribution in [1.29, 1.82) is 0 Å². The third-order valence-corrected chi connectivity index (χ3v) is 4.28. The fourth-order valence-electron chi connectivity index (χ4n) is 3.13. The number of rotatable bonds is 4. The van der Waals surface area contributed by atoms with Crippen molar-refractivity contribution in [3.05, 3.63) is 52.8 Å². The number of benzene rings is 1. The molecule has 3 rings (SSSR count). The molecule has 2 heterocycles. The van der Waals surface area contributed by atoms with E-state index in [0.29, 0.717) is 28.0 Å². The van der Waals surface area contributed by atoms with Crippen LogP contribution in [0, 0.1) is 13.8 Å². The van der Waals surface area contributed by atoms with Gasteiger partial charge in [-0.3, -0.25) is 9.48 Å². The first-order chi connectivity index (χ1) is 13.1. The van der Waals surface area contributed by atoms with Gasteiger partial charge in [-0.15, -0.1) is 13.2 Å². The van der Waals surface area contributed by atoms with Gasteiger partial charge in [0.1, 0.15) is 5.75 Å². The zero-order valence-corrected chi connectivity index (χ0v) is 15.8. The summed E-state index contributed by atoms with van der Waals surface area (Å²) in [6.45, 7) is 3.50. The lowest BCUT2D eigenvalue weighted by molar-refractivity contribution is -0.275. The van der Waals surface area contributed by atoms with Crippen LogP contribution in [0.4, 0.5) is 13.2 Å². The fourth-order valence-corrected chi connectivity index (χ4v) is 3.13. The number of ether oxygens (including phenoxy) is 1. The van der Waals surface area contributed by atoms with E-state index in [1.165, 1.54) is 30.1 Å². The van der Waals surface area contributed by atoms with Gasteiger partial charge in [0.05, 0.1) is 16.6 Å². The predicted octanol–water partition coefficient (Wildman–Crippen LogP) is 3.76. The Morgan fingerprint density at radius 2 is 1.93 bits per heavy atom. The summed E-state index contributed by atoms with van der Waals surface area (Å²) in [6.07, 6.45) is -4.81. The molecule has 0 aliphatic heterocycles. The monoisotopic (exact) mass is 392 g/mol. The molecule has 0 radical (unpaired) electrons. The van der Waals surface area contributed by atoms with Crippen LogP contribution in [0.5, 0.6) is 5.75 Å². The molecule has 3 aromatic rings. The quantitative estimate of drug-likeness (QED) is 0.678. The van der Waals surface area contributed by atoms with Crippen LogP contribution in [-0.2, 0) is 13.6 Å². The number of aromatic nitrogens is 3. The average Bonchev–Trinajstić information content (AvgIpc) is 2.88. The topological polar surface area (TPSA) is 60.3 Å². The van der Waals surface area contributed by atoms with Crippen LogP contribution in [0.3, 0.4) is 0 Å². The molecule has 0 spiro atoms. The van der Waals surface area contributed by atoms with Gasteiger partial charge in [0.25, 0.3) is 5.91 Å². The molecule has 0 aliphatic rings. The molecule has 148 valence electrons. The van der Waals surface area contributed by atoms with Crippen molar-refractivity contribution in [2.75, 3.05) is 7.05 Å². The first-order valence-electron chi connectivity index (χ1n) is 8.47. The molecular formula is C19H19F3N4O2. The Kier molecular flexibility index (Phi) is 5.01. The minimum Gasteiger partial charge on any atom is -0.405 e. The van der Waals surface area contributed by atoms with Crippen molar-refractivity contribution >= 4 is 16.9 Å². The summed E-state index contributed by atoms with van der Waals surface area (Å²) in [5.41, 5.74) is 2.54. The minimum absolute atomic E-state index is 0.0484. The number of hydrogen-bond acceptors (Lipinski definition) is 4. The summed E-state index contributed by atoms with van der Waals surface area (Å²) in [5, 5.41) is 4.94. The molecule has 1 amide bonds. The number of nitrogens with zero attached hydrogens (tertiary/aromatic N) is 4. The zero-order chi connectivity index (χ0) is 20.6. The third-order valence-electron chi connectivity index (χ3n) is 4.28. The molecule has 9 heteroatoms. The fraction of sp³-hybridized carbons (Fsp3) is 0.316. The highest BCUT2D eigenvalue weighted by molar-refractivity contribution is 6.06. The number of para-hydroxylation sites is 1. The number of halogens is 3. The number of fused-ring (bicyclic) bond motifs is 1. The van der Waals surface area contributed by atoms with Crippen molar-refractivity contribution in [2.45, 2.75) is 26.8 Å². The number of carbonyl (C=O) groups is 1. The highest BCUT2D eigenvalue weighted by atomic mass is 19.4. The van der Waals surface area contributed by atoms with Gasteiger partial charge in [-0.25, -0.2) is 4.98 Å². The van der Waals surface area contributed by atoms with E-state index >= 15 is 0 Å². The lowest BCUT2D eigenvalue weighted by Gasteiger charge is -2.20. The predicted molar refractivity (Wildman–Crippen MR) is 96.9 cm³/mol. The third kappa shape index (κ3) is 3.92. The number of alkyl halides is 3. The van der Waals surface area contributed by atoms with E-state index in [1.54, 1.807) is 37.7 Å². The summed E-state index contributed by atoms with van der Waals surface area (Å²) in [4.78, 5) is 18.8. The Hall–Kier alpha value is -3.10. The van der Waals surface area contributed by atoms with Gasteiger partial charge in [0.15, 0.2) is 5.65 Å². The smallest absolute Gasteiger partial charge is 0.405 e. The molecule has 0 bridgehead atoms. The molecule has 0 saturated carbocycles. The molecule has 0 aliphatic carbocycles. The molecule has 0 N–H and O–H groups in total. The molecule has 0 atom stereocenters. The SMILES string of the molecule is Cc1cc(C(=O)N(C)Cc2ccccc2OC(F)(F)F)c2c(C)nn(C)c2n1. The van der Waals surface area contributed by atoms with Crippen LogP contribution in [-0.4, -0.2) is 39.0 Å². The van der Waals surface area contributed by atoms with Crippen LogP contribution in [0.25, 0.3) is 11.0 Å². The summed E-state index contributed by atoms with van der Waals surface area (Å²) in [5.74, 6) is -0.670. The van der Waals surface area contributed by atoms with E-state index in [-0.39, 0.29) is 23.8 Å². The van der Waals surface area contributed by atoms with E-state index in [9.17, 15) is 18.0 Å². The molecule has 0 saturated heterocycles. The van der Waals surface area contributed by atoms with E-state index < -0.39 is 6.36 Å². The van der Waals surface area contributed by atoms with Gasteiger partial charge in [-0.05, 0) is 26.0 Å². The van der Waals surface area contributed by atoms with Crippen molar-refractivity contribution in [1.82, 2.24) is 19.7 Å². The largest absolute Gasteiger partial charge is 0.573 e. The molecule has 0 unspecified atom stereocenters. The Morgan fingerprint density at radius 1 is 1.25 bits per heavy atom. The Morgan fingerprint density at radius 3 is 2.61 bits per heavy atom. The van der Waals surface area contributed by atoms with E-state index in [4.69, 9.17) is 0 Å². The van der Waals surface area contributed by atoms with Gasteiger partial charge in [0, 0.05) is 31.9 Å².